The average Bonchev–Trinajstić information content (AvgIpc) is 2.49. The molecule has 2 aromatic rings. The van der Waals surface area contributed by atoms with Crippen molar-refractivity contribution < 1.29 is 4.79 Å². The molecule has 4 heteroatoms. The SMILES string of the molecule is Cc1cc(N(C)C)ccc1NC(=O)C(N)c1ccccc1. The highest BCUT2D eigenvalue weighted by molar-refractivity contribution is 5.96. The van der Waals surface area contributed by atoms with Crippen LogP contribution in [0.25, 0.3) is 0 Å². The summed E-state index contributed by atoms with van der Waals surface area (Å²) in [4.78, 5) is 14.3. The number of nitrogens with two attached hydrogens (primary N) is 1. The molecule has 0 aliphatic carbocycles. The van der Waals surface area contributed by atoms with Crippen LogP contribution < -0.4 is 16.0 Å². The molecular formula is C17H21N3O. The van der Waals surface area contributed by atoms with E-state index in [2.05, 4.69) is 5.32 Å². The van der Waals surface area contributed by atoms with Gasteiger partial charge in [-0.25, -0.2) is 0 Å². The normalized spacial score (nSPS) is 11.8. The second-order valence-corrected chi connectivity index (χ2v) is 5.27. The minimum atomic E-state index is -0.667. The third-order valence-corrected chi connectivity index (χ3v) is 3.43. The minimum absolute atomic E-state index is 0.207. The number of anilines is 2. The first-order valence-corrected chi connectivity index (χ1v) is 6.88. The van der Waals surface area contributed by atoms with Crippen LogP contribution >= 0.6 is 0 Å². The van der Waals surface area contributed by atoms with Crippen LogP contribution in [-0.2, 0) is 4.79 Å². The number of benzene rings is 2. The van der Waals surface area contributed by atoms with Gasteiger partial charge in [-0.15, -0.1) is 0 Å². The van der Waals surface area contributed by atoms with Gasteiger partial charge in [-0.1, -0.05) is 30.3 Å². The summed E-state index contributed by atoms with van der Waals surface area (Å²) in [6, 6.07) is 14.6. The van der Waals surface area contributed by atoms with Crippen molar-refractivity contribution in [3.05, 3.63) is 59.7 Å². The molecule has 2 rings (SSSR count). The summed E-state index contributed by atoms with van der Waals surface area (Å²) in [5.41, 5.74) is 9.69. The molecule has 0 radical (unpaired) electrons. The van der Waals surface area contributed by atoms with Gasteiger partial charge in [0.15, 0.2) is 0 Å². The molecule has 0 aromatic heterocycles. The van der Waals surface area contributed by atoms with Crippen molar-refractivity contribution in [1.29, 1.82) is 0 Å². The van der Waals surface area contributed by atoms with Crippen molar-refractivity contribution >= 4 is 17.3 Å². The van der Waals surface area contributed by atoms with Gasteiger partial charge in [0.2, 0.25) is 5.91 Å². The first-order chi connectivity index (χ1) is 9.99. The van der Waals surface area contributed by atoms with Gasteiger partial charge < -0.3 is 16.0 Å². The van der Waals surface area contributed by atoms with E-state index in [0.717, 1.165) is 22.5 Å². The van der Waals surface area contributed by atoms with Gasteiger partial charge in [0.1, 0.15) is 6.04 Å². The Morgan fingerprint density at radius 3 is 2.38 bits per heavy atom. The number of carbonyl (C=O) groups excluding carboxylic acids is 1. The Bertz CT molecular complexity index is 623. The Balaban J connectivity index is 2.13. The monoisotopic (exact) mass is 283 g/mol. The van der Waals surface area contributed by atoms with Crippen molar-refractivity contribution in [3.63, 3.8) is 0 Å². The fourth-order valence-electron chi connectivity index (χ4n) is 2.09. The van der Waals surface area contributed by atoms with Crippen molar-refractivity contribution in [2.75, 3.05) is 24.3 Å². The van der Waals surface area contributed by atoms with Crippen LogP contribution in [0.5, 0.6) is 0 Å². The van der Waals surface area contributed by atoms with Gasteiger partial charge >= 0.3 is 0 Å². The Kier molecular flexibility index (Phi) is 4.60. The zero-order valence-electron chi connectivity index (χ0n) is 12.6. The van der Waals surface area contributed by atoms with E-state index >= 15 is 0 Å². The number of hydrogen-bond acceptors (Lipinski definition) is 3. The van der Waals surface area contributed by atoms with E-state index in [-0.39, 0.29) is 5.91 Å². The lowest BCUT2D eigenvalue weighted by Crippen LogP contribution is -2.28. The lowest BCUT2D eigenvalue weighted by molar-refractivity contribution is -0.117. The topological polar surface area (TPSA) is 58.4 Å². The first kappa shape index (κ1) is 15.1. The van der Waals surface area contributed by atoms with Crippen molar-refractivity contribution in [2.24, 2.45) is 5.73 Å². The van der Waals surface area contributed by atoms with E-state index in [1.807, 2.05) is 74.4 Å². The molecular weight excluding hydrogens is 262 g/mol. The third kappa shape index (κ3) is 3.61. The number of aryl methyl sites for hydroxylation is 1. The molecule has 2 aromatic carbocycles. The molecule has 110 valence electrons. The maximum atomic E-state index is 12.2. The van der Waals surface area contributed by atoms with Gasteiger partial charge in [-0.05, 0) is 36.2 Å². The maximum Gasteiger partial charge on any atom is 0.245 e. The van der Waals surface area contributed by atoms with Crippen LogP contribution in [0.4, 0.5) is 11.4 Å². The van der Waals surface area contributed by atoms with Gasteiger partial charge in [0.05, 0.1) is 0 Å². The first-order valence-electron chi connectivity index (χ1n) is 6.88. The summed E-state index contributed by atoms with van der Waals surface area (Å²) in [5, 5.41) is 2.89. The van der Waals surface area contributed by atoms with Gasteiger partial charge in [-0.3, -0.25) is 4.79 Å². The molecule has 0 aliphatic heterocycles. The third-order valence-electron chi connectivity index (χ3n) is 3.43. The number of carbonyl (C=O) groups is 1. The lowest BCUT2D eigenvalue weighted by atomic mass is 10.1. The molecule has 0 saturated carbocycles. The fourth-order valence-corrected chi connectivity index (χ4v) is 2.09. The molecule has 0 bridgehead atoms. The summed E-state index contributed by atoms with van der Waals surface area (Å²) >= 11 is 0. The largest absolute Gasteiger partial charge is 0.378 e. The number of nitrogens with zero attached hydrogens (tertiary/aromatic N) is 1. The smallest absolute Gasteiger partial charge is 0.245 e. The predicted molar refractivity (Wildman–Crippen MR) is 87.5 cm³/mol. The molecule has 0 spiro atoms. The highest BCUT2D eigenvalue weighted by Crippen LogP contribution is 2.22. The maximum absolute atomic E-state index is 12.2. The summed E-state index contributed by atoms with van der Waals surface area (Å²) < 4.78 is 0. The van der Waals surface area contributed by atoms with Crippen molar-refractivity contribution in [1.82, 2.24) is 0 Å². The standard InChI is InChI=1S/C17H21N3O/c1-12-11-14(20(2)3)9-10-15(12)19-17(21)16(18)13-7-5-4-6-8-13/h4-11,16H,18H2,1-3H3,(H,19,21). The minimum Gasteiger partial charge on any atom is -0.378 e. The van der Waals surface area contributed by atoms with Crippen molar-refractivity contribution in [2.45, 2.75) is 13.0 Å². The number of rotatable bonds is 4. The van der Waals surface area contributed by atoms with Crippen LogP contribution in [-0.4, -0.2) is 20.0 Å². The highest BCUT2D eigenvalue weighted by atomic mass is 16.2. The molecule has 0 saturated heterocycles. The molecule has 1 amide bonds. The second kappa shape index (κ2) is 6.41. The van der Waals surface area contributed by atoms with E-state index in [0.29, 0.717) is 0 Å². The van der Waals surface area contributed by atoms with E-state index in [1.165, 1.54) is 0 Å². The second-order valence-electron chi connectivity index (χ2n) is 5.27. The van der Waals surface area contributed by atoms with Crippen LogP contribution in [0.2, 0.25) is 0 Å². The number of nitrogens with one attached hydrogen (secondary N) is 1. The predicted octanol–water partition coefficient (Wildman–Crippen LogP) is 2.70. The Labute approximate surface area is 125 Å². The van der Waals surface area contributed by atoms with Crippen molar-refractivity contribution in [3.8, 4) is 0 Å². The van der Waals surface area contributed by atoms with Crippen LogP contribution in [0.3, 0.4) is 0 Å². The van der Waals surface area contributed by atoms with Crippen LogP contribution in [0, 0.1) is 6.92 Å². The van der Waals surface area contributed by atoms with Gasteiger partial charge in [-0.2, -0.15) is 0 Å². The molecule has 0 heterocycles. The average molecular weight is 283 g/mol. The molecule has 21 heavy (non-hydrogen) atoms. The molecule has 0 aliphatic rings. The van der Waals surface area contributed by atoms with Crippen LogP contribution in [0.1, 0.15) is 17.2 Å². The summed E-state index contributed by atoms with van der Waals surface area (Å²) in [6.45, 7) is 1.97. The quantitative estimate of drug-likeness (QED) is 0.907. The molecule has 3 N–H and O–H groups in total. The van der Waals surface area contributed by atoms with Gasteiger partial charge in [0, 0.05) is 25.5 Å². The molecule has 0 fully saturated rings. The molecule has 4 nitrogen and oxygen atoms in total. The summed E-state index contributed by atoms with van der Waals surface area (Å²) in [5.74, 6) is -0.207. The highest BCUT2D eigenvalue weighted by Gasteiger charge is 2.16. The molecule has 1 unspecified atom stereocenters. The summed E-state index contributed by atoms with van der Waals surface area (Å²) in [7, 11) is 3.97. The van der Waals surface area contributed by atoms with E-state index in [1.54, 1.807) is 0 Å². The number of amides is 1. The Hall–Kier alpha value is -2.33. The van der Waals surface area contributed by atoms with E-state index in [9.17, 15) is 4.79 Å². The number of hydrogen-bond donors (Lipinski definition) is 2. The summed E-state index contributed by atoms with van der Waals surface area (Å²) in [6.07, 6.45) is 0. The van der Waals surface area contributed by atoms with E-state index < -0.39 is 6.04 Å². The van der Waals surface area contributed by atoms with Gasteiger partial charge in [0.25, 0.3) is 0 Å². The Morgan fingerprint density at radius 2 is 1.81 bits per heavy atom. The zero-order chi connectivity index (χ0) is 15.4. The molecule has 1 atom stereocenters. The fraction of sp³-hybridized carbons (Fsp3) is 0.235. The zero-order valence-corrected chi connectivity index (χ0v) is 12.6. The van der Waals surface area contributed by atoms with Crippen LogP contribution in [0.15, 0.2) is 48.5 Å². The van der Waals surface area contributed by atoms with E-state index in [4.69, 9.17) is 5.73 Å². The lowest BCUT2D eigenvalue weighted by Gasteiger charge is -2.17. The Morgan fingerprint density at radius 1 is 1.14 bits per heavy atom.